The van der Waals surface area contributed by atoms with Crippen LogP contribution in [0.1, 0.15) is 40.0 Å². The zero-order valence-corrected chi connectivity index (χ0v) is 9.01. The van der Waals surface area contributed by atoms with Crippen LogP contribution < -0.4 is 5.32 Å². The molecule has 3 nitrogen and oxygen atoms in total. The Kier molecular flexibility index (Phi) is 6.29. The lowest BCUT2D eigenvalue weighted by Crippen LogP contribution is -2.50. The van der Waals surface area contributed by atoms with E-state index in [2.05, 4.69) is 5.32 Å². The number of hydrogen-bond donors (Lipinski definition) is 3. The van der Waals surface area contributed by atoms with Crippen molar-refractivity contribution in [2.75, 3.05) is 13.2 Å². The van der Waals surface area contributed by atoms with Gasteiger partial charge in [-0.1, -0.05) is 20.8 Å². The Morgan fingerprint density at radius 1 is 1.23 bits per heavy atom. The summed E-state index contributed by atoms with van der Waals surface area (Å²) in [5.74, 6) is 0. The van der Waals surface area contributed by atoms with Crippen LogP contribution in [0.15, 0.2) is 0 Å². The summed E-state index contributed by atoms with van der Waals surface area (Å²) in [6.07, 6.45) is 2.22. The average molecular weight is 189 g/mol. The highest BCUT2D eigenvalue weighted by Crippen LogP contribution is 2.13. The third-order valence-electron chi connectivity index (χ3n) is 2.84. The number of aliphatic hydroxyl groups is 2. The van der Waals surface area contributed by atoms with Gasteiger partial charge in [0.1, 0.15) is 0 Å². The van der Waals surface area contributed by atoms with Crippen LogP contribution in [-0.4, -0.2) is 35.0 Å². The number of rotatable bonds is 7. The quantitative estimate of drug-likeness (QED) is 0.557. The van der Waals surface area contributed by atoms with Gasteiger partial charge in [-0.25, -0.2) is 0 Å². The molecule has 13 heavy (non-hydrogen) atoms. The molecule has 0 rings (SSSR count). The van der Waals surface area contributed by atoms with Crippen LogP contribution in [0.2, 0.25) is 0 Å². The fourth-order valence-corrected chi connectivity index (χ4v) is 1.26. The normalized spacial score (nSPS) is 14.5. The number of aliphatic hydroxyl groups excluding tert-OH is 2. The fourth-order valence-electron chi connectivity index (χ4n) is 1.26. The molecule has 0 aliphatic heterocycles. The van der Waals surface area contributed by atoms with Gasteiger partial charge < -0.3 is 15.5 Å². The molecule has 0 radical (unpaired) electrons. The lowest BCUT2D eigenvalue weighted by atomic mass is 9.93. The van der Waals surface area contributed by atoms with Gasteiger partial charge in [0.25, 0.3) is 0 Å². The maximum atomic E-state index is 9.36. The Labute approximate surface area is 81.2 Å². The van der Waals surface area contributed by atoms with Crippen molar-refractivity contribution in [2.24, 2.45) is 0 Å². The molecule has 80 valence electrons. The van der Waals surface area contributed by atoms with Crippen molar-refractivity contribution in [1.29, 1.82) is 0 Å². The lowest BCUT2D eigenvalue weighted by Gasteiger charge is -2.31. The van der Waals surface area contributed by atoms with Crippen LogP contribution in [0.5, 0.6) is 0 Å². The summed E-state index contributed by atoms with van der Waals surface area (Å²) in [5, 5.41) is 21.8. The summed E-state index contributed by atoms with van der Waals surface area (Å²) in [6.45, 7) is 6.75. The monoisotopic (exact) mass is 189 g/mol. The summed E-state index contributed by atoms with van der Waals surface area (Å²) < 4.78 is 0. The zero-order chi connectivity index (χ0) is 10.3. The minimum absolute atomic E-state index is 0.135. The van der Waals surface area contributed by atoms with Crippen LogP contribution in [-0.2, 0) is 0 Å². The Bertz CT molecular complexity index is 116. The summed E-state index contributed by atoms with van der Waals surface area (Å²) in [5.41, 5.74) is -0.198. The van der Waals surface area contributed by atoms with Gasteiger partial charge in [0.15, 0.2) is 0 Å². The van der Waals surface area contributed by atoms with Crippen LogP contribution in [0.25, 0.3) is 0 Å². The minimum Gasteiger partial charge on any atom is -0.394 e. The van der Waals surface area contributed by atoms with Crippen LogP contribution >= 0.6 is 0 Å². The molecule has 3 N–H and O–H groups in total. The summed E-state index contributed by atoms with van der Waals surface area (Å²) >= 11 is 0. The molecular formula is C10H23NO2. The molecular weight excluding hydrogens is 166 g/mol. The summed E-state index contributed by atoms with van der Waals surface area (Å²) in [4.78, 5) is 0. The molecule has 0 amide bonds. The first kappa shape index (κ1) is 12.9. The van der Waals surface area contributed by atoms with Crippen LogP contribution in [0, 0.1) is 0 Å². The molecule has 0 aromatic carbocycles. The minimum atomic E-state index is -0.302. The highest BCUT2D eigenvalue weighted by Gasteiger charge is 2.24. The first-order valence-corrected chi connectivity index (χ1v) is 5.18. The van der Waals surface area contributed by atoms with Gasteiger partial charge >= 0.3 is 0 Å². The standard InChI is InChI=1S/C10H23NO2/c1-4-9(13)7-11-10(5-2,6-3)8-12/h9,11-13H,4-8H2,1-3H3. The molecule has 1 unspecified atom stereocenters. The molecule has 0 aromatic heterocycles. The van der Waals surface area contributed by atoms with Gasteiger partial charge in [-0.15, -0.1) is 0 Å². The second-order valence-electron chi connectivity index (χ2n) is 3.59. The molecule has 0 fully saturated rings. The Morgan fingerprint density at radius 2 is 1.77 bits per heavy atom. The molecule has 3 heteroatoms. The molecule has 0 aliphatic rings. The first-order chi connectivity index (χ1) is 6.14. The maximum Gasteiger partial charge on any atom is 0.0662 e. The number of hydrogen-bond acceptors (Lipinski definition) is 3. The van der Waals surface area contributed by atoms with Gasteiger partial charge in [0.05, 0.1) is 12.7 Å². The van der Waals surface area contributed by atoms with E-state index in [-0.39, 0.29) is 18.2 Å². The number of nitrogens with one attached hydrogen (secondary N) is 1. The largest absolute Gasteiger partial charge is 0.394 e. The second kappa shape index (κ2) is 6.35. The van der Waals surface area contributed by atoms with E-state index in [0.717, 1.165) is 19.3 Å². The average Bonchev–Trinajstić information content (AvgIpc) is 2.20. The van der Waals surface area contributed by atoms with E-state index in [9.17, 15) is 10.2 Å². The summed E-state index contributed by atoms with van der Waals surface area (Å²) in [7, 11) is 0. The van der Waals surface area contributed by atoms with Crippen molar-refractivity contribution >= 4 is 0 Å². The molecule has 0 bridgehead atoms. The van der Waals surface area contributed by atoms with Crippen molar-refractivity contribution in [3.8, 4) is 0 Å². The molecule has 0 spiro atoms. The highest BCUT2D eigenvalue weighted by molar-refractivity contribution is 4.85. The fraction of sp³-hybridized carbons (Fsp3) is 1.00. The van der Waals surface area contributed by atoms with E-state index < -0.39 is 0 Å². The van der Waals surface area contributed by atoms with Gasteiger partial charge in [-0.2, -0.15) is 0 Å². The highest BCUT2D eigenvalue weighted by atomic mass is 16.3. The molecule has 0 saturated heterocycles. The van der Waals surface area contributed by atoms with E-state index in [0.29, 0.717) is 6.54 Å². The second-order valence-corrected chi connectivity index (χ2v) is 3.59. The Hall–Kier alpha value is -0.120. The smallest absolute Gasteiger partial charge is 0.0662 e. The molecule has 1 atom stereocenters. The third kappa shape index (κ3) is 4.07. The van der Waals surface area contributed by atoms with Crippen molar-refractivity contribution in [1.82, 2.24) is 5.32 Å². The Morgan fingerprint density at radius 3 is 2.08 bits per heavy atom. The maximum absolute atomic E-state index is 9.36. The lowest BCUT2D eigenvalue weighted by molar-refractivity contribution is 0.112. The van der Waals surface area contributed by atoms with E-state index in [1.54, 1.807) is 0 Å². The predicted octanol–water partition coefficient (Wildman–Crippen LogP) is 0.898. The molecule has 0 aliphatic carbocycles. The molecule has 0 heterocycles. The van der Waals surface area contributed by atoms with Crippen molar-refractivity contribution in [2.45, 2.75) is 51.7 Å². The SMILES string of the molecule is CCC(O)CNC(CC)(CC)CO. The molecule has 0 aromatic rings. The number of β-amino-alcohol motifs (C(OH)–C–C–N with tert-alkyl or cyclic N) is 1. The zero-order valence-electron chi connectivity index (χ0n) is 9.01. The van der Waals surface area contributed by atoms with E-state index >= 15 is 0 Å². The van der Waals surface area contributed by atoms with Crippen LogP contribution in [0.4, 0.5) is 0 Å². The van der Waals surface area contributed by atoms with Crippen molar-refractivity contribution in [3.63, 3.8) is 0 Å². The topological polar surface area (TPSA) is 52.5 Å². The van der Waals surface area contributed by atoms with Crippen molar-refractivity contribution < 1.29 is 10.2 Å². The van der Waals surface area contributed by atoms with Gasteiger partial charge in [0, 0.05) is 12.1 Å². The van der Waals surface area contributed by atoms with Crippen LogP contribution in [0.3, 0.4) is 0 Å². The van der Waals surface area contributed by atoms with Gasteiger partial charge in [-0.3, -0.25) is 0 Å². The Balaban J connectivity index is 3.95. The first-order valence-electron chi connectivity index (χ1n) is 5.18. The third-order valence-corrected chi connectivity index (χ3v) is 2.84. The van der Waals surface area contributed by atoms with Gasteiger partial charge in [-0.05, 0) is 19.3 Å². The van der Waals surface area contributed by atoms with E-state index in [4.69, 9.17) is 0 Å². The van der Waals surface area contributed by atoms with E-state index in [1.807, 2.05) is 20.8 Å². The predicted molar refractivity (Wildman–Crippen MR) is 54.7 cm³/mol. The van der Waals surface area contributed by atoms with Gasteiger partial charge in [0.2, 0.25) is 0 Å². The summed E-state index contributed by atoms with van der Waals surface area (Å²) in [6, 6.07) is 0. The molecule has 0 saturated carbocycles. The van der Waals surface area contributed by atoms with Crippen molar-refractivity contribution in [3.05, 3.63) is 0 Å². The van der Waals surface area contributed by atoms with E-state index in [1.165, 1.54) is 0 Å².